The molecule has 0 atom stereocenters. The molecule has 226 valence electrons. The van der Waals surface area contributed by atoms with E-state index in [2.05, 4.69) is 15.5 Å². The molecule has 10 nitrogen and oxygen atoms in total. The van der Waals surface area contributed by atoms with Crippen LogP contribution in [-0.4, -0.2) is 41.5 Å². The molecular formula is C37H23N5O5. The number of ketones is 4. The third-order valence-electron chi connectivity index (χ3n) is 8.18. The number of nitrogens with one attached hydrogen (secondary N) is 1. The van der Waals surface area contributed by atoms with E-state index in [1.807, 2.05) is 0 Å². The van der Waals surface area contributed by atoms with Gasteiger partial charge in [-0.25, -0.2) is 0 Å². The Kier molecular flexibility index (Phi) is 6.94. The molecule has 0 saturated heterocycles. The Morgan fingerprint density at radius 2 is 1.02 bits per heavy atom. The van der Waals surface area contributed by atoms with E-state index in [4.69, 9.17) is 11.5 Å². The van der Waals surface area contributed by atoms with Gasteiger partial charge < -0.3 is 16.8 Å². The van der Waals surface area contributed by atoms with Crippen molar-refractivity contribution in [3.05, 3.63) is 158 Å². The van der Waals surface area contributed by atoms with E-state index in [-0.39, 0.29) is 73.1 Å². The fourth-order valence-corrected chi connectivity index (χ4v) is 5.86. The lowest BCUT2D eigenvalue weighted by molar-refractivity contribution is 0.0979. The van der Waals surface area contributed by atoms with Gasteiger partial charge in [-0.1, -0.05) is 72.8 Å². The van der Waals surface area contributed by atoms with Gasteiger partial charge in [0.1, 0.15) is 0 Å². The molecule has 0 saturated carbocycles. The van der Waals surface area contributed by atoms with E-state index in [1.165, 1.54) is 24.6 Å². The minimum Gasteiger partial charge on any atom is -0.398 e. The van der Waals surface area contributed by atoms with Crippen molar-refractivity contribution >= 4 is 58.5 Å². The topological polar surface area (TPSA) is 174 Å². The highest BCUT2D eigenvalue weighted by Crippen LogP contribution is 2.37. The van der Waals surface area contributed by atoms with E-state index in [0.717, 1.165) is 0 Å². The molecule has 0 heterocycles. The molecule has 47 heavy (non-hydrogen) atoms. The SMILES string of the molecule is Nc1c(/C=N/N=C/c2cc(NC(=O)c3ccccc3)c3c(c2N)C(=O)c2ccccc2C3=O)ccc2c1C(=O)c1ccccc1C2=O. The zero-order valence-electron chi connectivity index (χ0n) is 24.5. The largest absolute Gasteiger partial charge is 0.398 e. The first-order valence-corrected chi connectivity index (χ1v) is 14.4. The van der Waals surface area contributed by atoms with Crippen LogP contribution in [0.2, 0.25) is 0 Å². The van der Waals surface area contributed by atoms with E-state index >= 15 is 0 Å². The Labute approximate surface area is 267 Å². The predicted molar refractivity (Wildman–Crippen MR) is 178 cm³/mol. The van der Waals surface area contributed by atoms with Crippen LogP contribution in [-0.2, 0) is 0 Å². The average molecular weight is 618 g/mol. The summed E-state index contributed by atoms with van der Waals surface area (Å²) in [7, 11) is 0. The Morgan fingerprint density at radius 3 is 1.64 bits per heavy atom. The molecule has 2 aliphatic carbocycles. The number of nitrogens with zero attached hydrogens (tertiary/aromatic N) is 2. The quantitative estimate of drug-likeness (QED) is 0.137. The molecule has 1 amide bonds. The fourth-order valence-electron chi connectivity index (χ4n) is 5.86. The van der Waals surface area contributed by atoms with Gasteiger partial charge in [0.2, 0.25) is 0 Å². The molecule has 0 spiro atoms. The molecule has 5 aromatic carbocycles. The summed E-state index contributed by atoms with van der Waals surface area (Å²) in [6.07, 6.45) is 2.60. The zero-order chi connectivity index (χ0) is 32.8. The highest BCUT2D eigenvalue weighted by atomic mass is 16.2. The second-order valence-electron chi connectivity index (χ2n) is 10.9. The summed E-state index contributed by atoms with van der Waals surface area (Å²) < 4.78 is 0. The van der Waals surface area contributed by atoms with Crippen molar-refractivity contribution in [2.45, 2.75) is 0 Å². The van der Waals surface area contributed by atoms with Crippen molar-refractivity contribution in [3.8, 4) is 0 Å². The van der Waals surface area contributed by atoms with Crippen LogP contribution in [0.4, 0.5) is 17.1 Å². The Morgan fingerprint density at radius 1 is 0.532 bits per heavy atom. The highest BCUT2D eigenvalue weighted by molar-refractivity contribution is 6.33. The molecule has 0 bridgehead atoms. The first-order chi connectivity index (χ1) is 22.8. The molecule has 7 rings (SSSR count). The van der Waals surface area contributed by atoms with Gasteiger partial charge in [0.15, 0.2) is 23.1 Å². The smallest absolute Gasteiger partial charge is 0.255 e. The normalized spacial score (nSPS) is 13.4. The van der Waals surface area contributed by atoms with Crippen LogP contribution in [0.15, 0.2) is 107 Å². The maximum absolute atomic E-state index is 13.6. The molecular weight excluding hydrogens is 594 g/mol. The number of hydrogen-bond acceptors (Lipinski definition) is 9. The van der Waals surface area contributed by atoms with Crippen LogP contribution in [0.1, 0.15) is 85.2 Å². The molecule has 0 fully saturated rings. The zero-order valence-corrected chi connectivity index (χ0v) is 24.5. The molecule has 5 N–H and O–H groups in total. The first-order valence-electron chi connectivity index (χ1n) is 14.4. The number of hydrogen-bond donors (Lipinski definition) is 3. The van der Waals surface area contributed by atoms with Crippen molar-refractivity contribution in [2.75, 3.05) is 16.8 Å². The van der Waals surface area contributed by atoms with Crippen molar-refractivity contribution in [2.24, 2.45) is 10.2 Å². The van der Waals surface area contributed by atoms with E-state index in [1.54, 1.807) is 84.9 Å². The Hall–Kier alpha value is -6.81. The maximum atomic E-state index is 13.6. The summed E-state index contributed by atoms with van der Waals surface area (Å²) in [5, 5.41) is 10.9. The lowest BCUT2D eigenvalue weighted by atomic mass is 9.81. The van der Waals surface area contributed by atoms with E-state index in [9.17, 15) is 24.0 Å². The number of amides is 1. The van der Waals surface area contributed by atoms with Crippen molar-refractivity contribution in [1.82, 2.24) is 0 Å². The molecule has 10 heteroatoms. The number of anilines is 3. The second-order valence-corrected chi connectivity index (χ2v) is 10.9. The second kappa shape index (κ2) is 11.3. The fraction of sp³-hybridized carbons (Fsp3) is 0. The third kappa shape index (κ3) is 4.72. The number of fused-ring (bicyclic) bond motifs is 4. The minimum atomic E-state index is -0.490. The summed E-state index contributed by atoms with van der Waals surface area (Å²) >= 11 is 0. The van der Waals surface area contributed by atoms with Gasteiger partial charge in [-0.2, -0.15) is 10.2 Å². The number of carbonyl (C=O) groups excluding carboxylic acids is 5. The van der Waals surface area contributed by atoms with E-state index in [0.29, 0.717) is 16.7 Å². The maximum Gasteiger partial charge on any atom is 0.255 e. The van der Waals surface area contributed by atoms with Gasteiger partial charge in [0.25, 0.3) is 5.91 Å². The van der Waals surface area contributed by atoms with Gasteiger partial charge in [0.05, 0.1) is 46.2 Å². The standard InChI is InChI=1S/C37H23N5O5/c38-31-20(14-15-26-28(31)34(44)23-11-5-4-10-22(23)33(26)43)17-40-41-18-21-16-27(42-37(47)19-8-2-1-3-9-19)29-30(32(21)39)36(46)25-13-7-6-12-24(25)35(29)45/h1-18H,38-39H2,(H,42,47)/b40-17+,41-18+. The summed E-state index contributed by atoms with van der Waals surface area (Å²) in [4.78, 5) is 66.7. The summed E-state index contributed by atoms with van der Waals surface area (Å²) in [5.41, 5.74) is 15.1. The summed E-state index contributed by atoms with van der Waals surface area (Å²) in [6.45, 7) is 0. The Bertz CT molecular complexity index is 2290. The molecule has 0 radical (unpaired) electrons. The lowest BCUT2D eigenvalue weighted by Crippen LogP contribution is -2.26. The number of rotatable bonds is 5. The van der Waals surface area contributed by atoms with Gasteiger partial charge in [-0.05, 0) is 24.3 Å². The van der Waals surface area contributed by atoms with Gasteiger partial charge in [-0.3, -0.25) is 24.0 Å². The van der Waals surface area contributed by atoms with Crippen LogP contribution in [0.3, 0.4) is 0 Å². The monoisotopic (exact) mass is 617 g/mol. The molecule has 2 aliphatic rings. The van der Waals surface area contributed by atoms with Crippen LogP contribution >= 0.6 is 0 Å². The third-order valence-corrected chi connectivity index (χ3v) is 8.18. The average Bonchev–Trinajstić information content (AvgIpc) is 3.09. The number of nitrogen functional groups attached to an aromatic ring is 2. The Balaban J connectivity index is 1.25. The van der Waals surface area contributed by atoms with Gasteiger partial charge in [0, 0.05) is 44.5 Å². The van der Waals surface area contributed by atoms with Crippen LogP contribution in [0.5, 0.6) is 0 Å². The number of carbonyl (C=O) groups is 5. The predicted octanol–water partition coefficient (Wildman–Crippen LogP) is 5.11. The van der Waals surface area contributed by atoms with Gasteiger partial charge >= 0.3 is 0 Å². The highest BCUT2D eigenvalue weighted by Gasteiger charge is 2.35. The number of nitrogens with two attached hydrogens (primary N) is 2. The van der Waals surface area contributed by atoms with E-state index < -0.39 is 17.5 Å². The minimum absolute atomic E-state index is 0.0133. The molecule has 0 unspecified atom stereocenters. The summed E-state index contributed by atoms with van der Waals surface area (Å²) in [5.74, 6) is -2.07. The molecule has 0 aliphatic heterocycles. The van der Waals surface area contributed by atoms with Crippen molar-refractivity contribution in [1.29, 1.82) is 0 Å². The van der Waals surface area contributed by atoms with Crippen molar-refractivity contribution in [3.63, 3.8) is 0 Å². The van der Waals surface area contributed by atoms with Crippen molar-refractivity contribution < 1.29 is 24.0 Å². The van der Waals surface area contributed by atoms with Crippen LogP contribution < -0.4 is 16.8 Å². The van der Waals surface area contributed by atoms with Crippen LogP contribution in [0, 0.1) is 0 Å². The summed E-state index contributed by atoms with van der Waals surface area (Å²) in [6, 6.07) is 25.9. The molecule has 0 aromatic heterocycles. The van der Waals surface area contributed by atoms with Gasteiger partial charge in [-0.15, -0.1) is 0 Å². The first kappa shape index (κ1) is 28.9. The lowest BCUT2D eigenvalue weighted by Gasteiger charge is -2.23. The molecule has 5 aromatic rings. The van der Waals surface area contributed by atoms with Crippen LogP contribution in [0.25, 0.3) is 0 Å². The number of benzene rings is 5.